The van der Waals surface area contributed by atoms with Crippen molar-refractivity contribution in [1.29, 1.82) is 0 Å². The van der Waals surface area contributed by atoms with Crippen LogP contribution in [0, 0.1) is 11.8 Å². The molecule has 15 heavy (non-hydrogen) atoms. The van der Waals surface area contributed by atoms with Gasteiger partial charge in [-0.05, 0) is 19.8 Å². The average molecular weight is 208 g/mol. The summed E-state index contributed by atoms with van der Waals surface area (Å²) in [6.45, 7) is 1.25. The molecule has 2 unspecified atom stereocenters. The Morgan fingerprint density at radius 2 is 1.87 bits per heavy atom. The van der Waals surface area contributed by atoms with Crippen LogP contribution >= 0.6 is 0 Å². The lowest BCUT2D eigenvalue weighted by atomic mass is 9.70. The number of aliphatic hydroxyl groups is 1. The molecule has 1 saturated carbocycles. The highest BCUT2D eigenvalue weighted by molar-refractivity contribution is 6.27. The van der Waals surface area contributed by atoms with Gasteiger partial charge in [-0.1, -0.05) is 6.42 Å². The minimum Gasteiger partial charge on any atom is -0.511 e. The van der Waals surface area contributed by atoms with Gasteiger partial charge in [-0.15, -0.1) is 0 Å². The van der Waals surface area contributed by atoms with Crippen molar-refractivity contribution in [3.63, 3.8) is 0 Å². The number of ketones is 3. The first-order valence-corrected chi connectivity index (χ1v) is 5.06. The molecule has 0 spiro atoms. The molecule has 1 fully saturated rings. The molecule has 0 saturated heterocycles. The maximum Gasteiger partial charge on any atom is 0.180 e. The van der Waals surface area contributed by atoms with E-state index in [0.717, 1.165) is 6.42 Å². The Hall–Kier alpha value is -1.45. The molecular weight excluding hydrogens is 196 g/mol. The van der Waals surface area contributed by atoms with Crippen LogP contribution in [0.25, 0.3) is 0 Å². The van der Waals surface area contributed by atoms with E-state index < -0.39 is 23.4 Å². The molecular formula is C11H12O4. The third-order valence-corrected chi connectivity index (χ3v) is 3.17. The van der Waals surface area contributed by atoms with Gasteiger partial charge >= 0.3 is 0 Å². The number of hydrogen-bond acceptors (Lipinski definition) is 4. The van der Waals surface area contributed by atoms with Crippen LogP contribution < -0.4 is 0 Å². The first-order chi connectivity index (χ1) is 7.04. The van der Waals surface area contributed by atoms with Gasteiger partial charge < -0.3 is 5.11 Å². The van der Waals surface area contributed by atoms with Crippen LogP contribution in [0.15, 0.2) is 11.3 Å². The van der Waals surface area contributed by atoms with Crippen LogP contribution in [-0.2, 0) is 14.4 Å². The quantitative estimate of drug-likeness (QED) is 0.514. The van der Waals surface area contributed by atoms with Crippen LogP contribution in [0.4, 0.5) is 0 Å². The molecule has 0 aromatic heterocycles. The lowest BCUT2D eigenvalue weighted by Crippen LogP contribution is -2.42. The van der Waals surface area contributed by atoms with E-state index >= 15 is 0 Å². The Labute approximate surface area is 87.0 Å². The second kappa shape index (κ2) is 3.29. The van der Waals surface area contributed by atoms with Gasteiger partial charge in [0.05, 0.1) is 17.4 Å². The lowest BCUT2D eigenvalue weighted by Gasteiger charge is -2.32. The van der Waals surface area contributed by atoms with E-state index in [1.54, 1.807) is 0 Å². The van der Waals surface area contributed by atoms with Crippen molar-refractivity contribution >= 4 is 17.3 Å². The summed E-state index contributed by atoms with van der Waals surface area (Å²) in [5, 5.41) is 9.71. The number of aliphatic hydroxyl groups excluding tert-OH is 1. The van der Waals surface area contributed by atoms with Crippen LogP contribution in [0.3, 0.4) is 0 Å². The molecule has 0 radical (unpaired) electrons. The third-order valence-electron chi connectivity index (χ3n) is 3.17. The number of hydrogen-bond donors (Lipinski definition) is 1. The monoisotopic (exact) mass is 208 g/mol. The van der Waals surface area contributed by atoms with Crippen molar-refractivity contribution in [2.75, 3.05) is 0 Å². The summed E-state index contributed by atoms with van der Waals surface area (Å²) in [4.78, 5) is 34.6. The van der Waals surface area contributed by atoms with E-state index in [1.807, 2.05) is 0 Å². The van der Waals surface area contributed by atoms with E-state index in [2.05, 4.69) is 0 Å². The van der Waals surface area contributed by atoms with Gasteiger partial charge in [0.2, 0.25) is 0 Å². The van der Waals surface area contributed by atoms with Gasteiger partial charge in [0.25, 0.3) is 0 Å². The van der Waals surface area contributed by atoms with E-state index in [9.17, 15) is 19.5 Å². The summed E-state index contributed by atoms with van der Waals surface area (Å²) in [6.07, 6.45) is 1.81. The Kier molecular flexibility index (Phi) is 2.21. The SMILES string of the molecule is CC(=O)C1=C(O)C2CCCC(C1=O)C2=O. The number of rotatable bonds is 1. The minimum atomic E-state index is -0.682. The van der Waals surface area contributed by atoms with Crippen LogP contribution in [0.5, 0.6) is 0 Å². The van der Waals surface area contributed by atoms with Gasteiger partial charge in [0, 0.05) is 0 Å². The number of carbonyl (C=O) groups is 3. The van der Waals surface area contributed by atoms with E-state index in [-0.39, 0.29) is 17.1 Å². The molecule has 2 bridgehead atoms. The lowest BCUT2D eigenvalue weighted by molar-refractivity contribution is -0.138. The molecule has 80 valence electrons. The maximum atomic E-state index is 11.7. The highest BCUT2D eigenvalue weighted by Gasteiger charge is 2.46. The molecule has 0 aliphatic heterocycles. The molecule has 2 aliphatic carbocycles. The maximum absolute atomic E-state index is 11.7. The van der Waals surface area contributed by atoms with Crippen LogP contribution in [-0.4, -0.2) is 22.5 Å². The molecule has 2 aliphatic rings. The third kappa shape index (κ3) is 1.32. The molecule has 0 amide bonds. The molecule has 1 N–H and O–H groups in total. The predicted octanol–water partition coefficient (Wildman–Crippen LogP) is 0.956. The molecule has 0 aromatic carbocycles. The smallest absolute Gasteiger partial charge is 0.180 e. The van der Waals surface area contributed by atoms with Crippen molar-refractivity contribution in [2.24, 2.45) is 11.8 Å². The summed E-state index contributed by atoms with van der Waals surface area (Å²) < 4.78 is 0. The standard InChI is InChI=1S/C11H12O4/c1-5(12)8-10(14)6-3-2-4-7(9(6)13)11(8)15/h6-7,14H,2-4H2,1H3. The van der Waals surface area contributed by atoms with Crippen molar-refractivity contribution < 1.29 is 19.5 Å². The van der Waals surface area contributed by atoms with Gasteiger partial charge in [-0.25, -0.2) is 0 Å². The molecule has 0 aromatic rings. The Bertz CT molecular complexity index is 391. The largest absolute Gasteiger partial charge is 0.511 e. The zero-order chi connectivity index (χ0) is 11.2. The molecule has 4 nitrogen and oxygen atoms in total. The zero-order valence-corrected chi connectivity index (χ0v) is 8.45. The van der Waals surface area contributed by atoms with Crippen molar-refractivity contribution in [2.45, 2.75) is 26.2 Å². The molecule has 2 atom stereocenters. The first kappa shape index (κ1) is 10.1. The molecule has 4 heteroatoms. The molecule has 0 heterocycles. The first-order valence-electron chi connectivity index (χ1n) is 5.06. The highest BCUT2D eigenvalue weighted by Crippen LogP contribution is 2.37. The van der Waals surface area contributed by atoms with Crippen molar-refractivity contribution in [1.82, 2.24) is 0 Å². The highest BCUT2D eigenvalue weighted by atomic mass is 16.3. The Morgan fingerprint density at radius 1 is 1.27 bits per heavy atom. The molecule has 2 rings (SSSR count). The Balaban J connectivity index is 2.55. The van der Waals surface area contributed by atoms with Gasteiger partial charge in [-0.3, -0.25) is 14.4 Å². The normalized spacial score (nSPS) is 30.7. The van der Waals surface area contributed by atoms with E-state index in [4.69, 9.17) is 0 Å². The van der Waals surface area contributed by atoms with Crippen LogP contribution in [0.1, 0.15) is 26.2 Å². The summed E-state index contributed by atoms with van der Waals surface area (Å²) in [6, 6.07) is 0. The topological polar surface area (TPSA) is 71.4 Å². The van der Waals surface area contributed by atoms with E-state index in [0.29, 0.717) is 12.8 Å². The summed E-state index contributed by atoms with van der Waals surface area (Å²) >= 11 is 0. The van der Waals surface area contributed by atoms with E-state index in [1.165, 1.54) is 6.92 Å². The summed E-state index contributed by atoms with van der Waals surface area (Å²) in [7, 11) is 0. The van der Waals surface area contributed by atoms with Crippen molar-refractivity contribution in [3.05, 3.63) is 11.3 Å². The second-order valence-electron chi connectivity index (χ2n) is 4.12. The summed E-state index contributed by atoms with van der Waals surface area (Å²) in [5.41, 5.74) is -0.149. The van der Waals surface area contributed by atoms with Gasteiger partial charge in [0.15, 0.2) is 17.3 Å². The minimum absolute atomic E-state index is 0.149. The number of allylic oxidation sites excluding steroid dienone is 2. The second-order valence-corrected chi connectivity index (χ2v) is 4.12. The fourth-order valence-corrected chi connectivity index (χ4v) is 2.41. The fraction of sp³-hybridized carbons (Fsp3) is 0.545. The fourth-order valence-electron chi connectivity index (χ4n) is 2.41. The zero-order valence-electron chi connectivity index (χ0n) is 8.45. The predicted molar refractivity (Wildman–Crippen MR) is 51.2 cm³/mol. The number of Topliss-reactive ketones (excluding diaryl/α,β-unsaturated/α-hetero) is 3. The van der Waals surface area contributed by atoms with Gasteiger partial charge in [0.1, 0.15) is 5.76 Å². The number of fused-ring (bicyclic) bond motifs is 2. The van der Waals surface area contributed by atoms with Crippen LogP contribution in [0.2, 0.25) is 0 Å². The van der Waals surface area contributed by atoms with Gasteiger partial charge in [-0.2, -0.15) is 0 Å². The van der Waals surface area contributed by atoms with Crippen molar-refractivity contribution in [3.8, 4) is 0 Å². The Morgan fingerprint density at radius 3 is 2.47 bits per heavy atom. The number of carbonyl (C=O) groups excluding carboxylic acids is 3. The average Bonchev–Trinajstić information content (AvgIpc) is 2.14. The summed E-state index contributed by atoms with van der Waals surface area (Å²) in [5.74, 6) is -2.73.